The van der Waals surface area contributed by atoms with Crippen LogP contribution in [0.15, 0.2) is 67.0 Å². The van der Waals surface area contributed by atoms with E-state index in [9.17, 15) is 0 Å². The lowest BCUT2D eigenvalue weighted by atomic mass is 9.96. The Labute approximate surface area is 196 Å². The molecule has 0 aliphatic carbocycles. The fourth-order valence-corrected chi connectivity index (χ4v) is 4.98. The second-order valence-electron chi connectivity index (χ2n) is 8.97. The number of benzene rings is 2. The number of piperazine rings is 2. The molecule has 3 heterocycles. The number of aromatic nitrogens is 2. The number of nitrogen functional groups attached to an aromatic ring is 1. The van der Waals surface area contributed by atoms with Gasteiger partial charge in [-0.05, 0) is 18.2 Å². The largest absolute Gasteiger partial charge is 0.393 e. The van der Waals surface area contributed by atoms with Crippen molar-refractivity contribution in [3.8, 4) is 0 Å². The fourth-order valence-electron chi connectivity index (χ4n) is 4.98. The first-order valence-electron chi connectivity index (χ1n) is 11.8. The van der Waals surface area contributed by atoms with Crippen molar-refractivity contribution in [3.63, 3.8) is 0 Å². The van der Waals surface area contributed by atoms with Gasteiger partial charge in [-0.1, -0.05) is 60.7 Å². The van der Waals surface area contributed by atoms with Gasteiger partial charge in [0.2, 0.25) is 0 Å². The molecule has 5 rings (SSSR count). The number of rotatable bonds is 5. The van der Waals surface area contributed by atoms with Crippen LogP contribution in [0.4, 0.5) is 17.3 Å². The van der Waals surface area contributed by atoms with E-state index < -0.39 is 0 Å². The molecule has 3 aromatic rings. The van der Waals surface area contributed by atoms with Crippen LogP contribution in [-0.4, -0.2) is 79.2 Å². The van der Waals surface area contributed by atoms with Crippen LogP contribution < -0.4 is 15.5 Å². The van der Waals surface area contributed by atoms with Gasteiger partial charge in [-0.25, -0.2) is 9.97 Å². The maximum absolute atomic E-state index is 6.62. The van der Waals surface area contributed by atoms with E-state index in [2.05, 4.69) is 97.3 Å². The molecule has 33 heavy (non-hydrogen) atoms. The first-order valence-corrected chi connectivity index (χ1v) is 11.8. The lowest BCUT2D eigenvalue weighted by molar-refractivity contribution is 0.212. The Balaban J connectivity index is 1.33. The highest BCUT2D eigenvalue weighted by molar-refractivity contribution is 5.76. The van der Waals surface area contributed by atoms with Crippen LogP contribution in [0.3, 0.4) is 0 Å². The van der Waals surface area contributed by atoms with Crippen LogP contribution in [0.1, 0.15) is 17.2 Å². The smallest absolute Gasteiger partial charge is 0.157 e. The van der Waals surface area contributed by atoms with Gasteiger partial charge in [0, 0.05) is 52.4 Å². The summed E-state index contributed by atoms with van der Waals surface area (Å²) in [6.45, 7) is 7.61. The van der Waals surface area contributed by atoms with Gasteiger partial charge in [0.1, 0.15) is 12.0 Å². The summed E-state index contributed by atoms with van der Waals surface area (Å²) in [5.74, 6) is 1.75. The third kappa shape index (κ3) is 4.65. The van der Waals surface area contributed by atoms with Crippen molar-refractivity contribution < 1.29 is 0 Å². The molecular weight excluding hydrogens is 410 g/mol. The summed E-state index contributed by atoms with van der Waals surface area (Å²) < 4.78 is 0. The van der Waals surface area contributed by atoms with E-state index in [1.54, 1.807) is 6.33 Å². The van der Waals surface area contributed by atoms with Gasteiger partial charge in [-0.2, -0.15) is 0 Å². The van der Waals surface area contributed by atoms with E-state index in [0.29, 0.717) is 5.69 Å². The molecule has 0 atom stereocenters. The van der Waals surface area contributed by atoms with Crippen molar-refractivity contribution in [2.75, 3.05) is 74.9 Å². The minimum atomic E-state index is 0.248. The van der Waals surface area contributed by atoms with Crippen molar-refractivity contribution in [2.45, 2.75) is 6.04 Å². The Morgan fingerprint density at radius 3 is 1.61 bits per heavy atom. The van der Waals surface area contributed by atoms with E-state index in [4.69, 9.17) is 5.73 Å². The zero-order chi connectivity index (χ0) is 22.6. The van der Waals surface area contributed by atoms with E-state index >= 15 is 0 Å². The lowest BCUT2D eigenvalue weighted by Crippen LogP contribution is -2.48. The average Bonchev–Trinajstić information content (AvgIpc) is 2.87. The third-order valence-electron chi connectivity index (χ3n) is 6.85. The molecule has 2 aromatic carbocycles. The molecule has 0 spiro atoms. The monoisotopic (exact) mass is 443 g/mol. The van der Waals surface area contributed by atoms with Crippen LogP contribution in [0.2, 0.25) is 0 Å². The second kappa shape index (κ2) is 9.77. The van der Waals surface area contributed by atoms with Gasteiger partial charge >= 0.3 is 0 Å². The first-order chi connectivity index (χ1) is 16.2. The van der Waals surface area contributed by atoms with Gasteiger partial charge in [-0.15, -0.1) is 0 Å². The highest BCUT2D eigenvalue weighted by Gasteiger charge is 2.28. The van der Waals surface area contributed by atoms with Crippen LogP contribution in [0, 0.1) is 0 Å². The molecule has 1 aromatic heterocycles. The van der Waals surface area contributed by atoms with Gasteiger partial charge in [0.15, 0.2) is 11.6 Å². The topological polar surface area (TPSA) is 64.8 Å². The van der Waals surface area contributed by atoms with Crippen molar-refractivity contribution >= 4 is 17.3 Å². The predicted octanol–water partition coefficient (Wildman–Crippen LogP) is 2.72. The molecule has 2 aliphatic heterocycles. The molecule has 2 saturated heterocycles. The molecule has 7 heteroatoms. The molecular formula is C26H33N7. The molecule has 2 N–H and O–H groups in total. The third-order valence-corrected chi connectivity index (χ3v) is 6.85. The molecule has 2 aliphatic rings. The van der Waals surface area contributed by atoms with E-state index in [0.717, 1.165) is 64.0 Å². The van der Waals surface area contributed by atoms with Crippen molar-refractivity contribution in [1.82, 2.24) is 19.8 Å². The Hall–Kier alpha value is -3.16. The van der Waals surface area contributed by atoms with Crippen LogP contribution in [0.25, 0.3) is 0 Å². The number of nitrogens with zero attached hydrogens (tertiary/aromatic N) is 6. The van der Waals surface area contributed by atoms with Crippen LogP contribution >= 0.6 is 0 Å². The molecule has 0 unspecified atom stereocenters. The number of hydrogen-bond acceptors (Lipinski definition) is 7. The lowest BCUT2D eigenvalue weighted by Gasteiger charge is -2.41. The minimum Gasteiger partial charge on any atom is -0.393 e. The highest BCUT2D eigenvalue weighted by atomic mass is 15.3. The standard InChI is InChI=1S/C26H33N7/c1-30-12-14-32(15-13-30)25-23(27)26(29-20-28-25)33-18-16-31(17-19-33)24(21-8-4-2-5-9-21)22-10-6-3-7-11-22/h2-11,20,24H,12-19,27H2,1H3. The van der Waals surface area contributed by atoms with Crippen LogP contribution in [0.5, 0.6) is 0 Å². The van der Waals surface area contributed by atoms with Gasteiger partial charge in [0.25, 0.3) is 0 Å². The van der Waals surface area contributed by atoms with E-state index in [1.807, 2.05) is 0 Å². The maximum Gasteiger partial charge on any atom is 0.157 e. The SMILES string of the molecule is CN1CCN(c2ncnc(N3CCN(C(c4ccccc4)c4ccccc4)CC3)c2N)CC1. The van der Waals surface area contributed by atoms with Gasteiger partial charge in [-0.3, -0.25) is 4.90 Å². The Morgan fingerprint density at radius 1 is 0.667 bits per heavy atom. The molecule has 0 bridgehead atoms. The molecule has 2 fully saturated rings. The maximum atomic E-state index is 6.62. The first kappa shape index (κ1) is 21.7. The zero-order valence-electron chi connectivity index (χ0n) is 19.3. The summed E-state index contributed by atoms with van der Waals surface area (Å²) in [6.07, 6.45) is 1.67. The van der Waals surface area contributed by atoms with E-state index in [1.165, 1.54) is 11.1 Å². The molecule has 0 amide bonds. The van der Waals surface area contributed by atoms with Crippen LogP contribution in [-0.2, 0) is 0 Å². The van der Waals surface area contributed by atoms with Crippen molar-refractivity contribution in [1.29, 1.82) is 0 Å². The zero-order valence-corrected chi connectivity index (χ0v) is 19.3. The highest BCUT2D eigenvalue weighted by Crippen LogP contribution is 2.33. The molecule has 0 radical (unpaired) electrons. The number of nitrogens with two attached hydrogens (primary N) is 1. The number of anilines is 3. The van der Waals surface area contributed by atoms with Crippen molar-refractivity contribution in [2.24, 2.45) is 0 Å². The summed E-state index contributed by atoms with van der Waals surface area (Å²) in [7, 11) is 2.16. The summed E-state index contributed by atoms with van der Waals surface area (Å²) in [4.78, 5) is 18.6. The second-order valence-corrected chi connectivity index (χ2v) is 8.97. The van der Waals surface area contributed by atoms with Gasteiger partial charge < -0.3 is 20.4 Å². The molecule has 172 valence electrons. The summed E-state index contributed by atoms with van der Waals surface area (Å²) in [5, 5.41) is 0. The summed E-state index contributed by atoms with van der Waals surface area (Å²) >= 11 is 0. The Bertz CT molecular complexity index is 988. The number of likely N-dealkylation sites (N-methyl/N-ethyl adjacent to an activating group) is 1. The quantitative estimate of drug-likeness (QED) is 0.650. The summed E-state index contributed by atoms with van der Waals surface area (Å²) in [6, 6.07) is 21.8. The van der Waals surface area contributed by atoms with Crippen molar-refractivity contribution in [3.05, 3.63) is 78.1 Å². The fraction of sp³-hybridized carbons (Fsp3) is 0.385. The van der Waals surface area contributed by atoms with Gasteiger partial charge in [0.05, 0.1) is 6.04 Å². The predicted molar refractivity (Wildman–Crippen MR) is 135 cm³/mol. The Kier molecular flexibility index (Phi) is 6.41. The van der Waals surface area contributed by atoms with E-state index in [-0.39, 0.29) is 6.04 Å². The number of hydrogen-bond donors (Lipinski definition) is 1. The average molecular weight is 444 g/mol. The minimum absolute atomic E-state index is 0.248. The Morgan fingerprint density at radius 2 is 1.12 bits per heavy atom. The molecule has 0 saturated carbocycles. The normalized spacial score (nSPS) is 18.1. The summed E-state index contributed by atoms with van der Waals surface area (Å²) in [5.41, 5.74) is 9.99. The molecule has 7 nitrogen and oxygen atoms in total.